The van der Waals surface area contributed by atoms with E-state index in [2.05, 4.69) is 15.3 Å². The van der Waals surface area contributed by atoms with E-state index >= 15 is 4.39 Å². The van der Waals surface area contributed by atoms with Crippen molar-refractivity contribution in [3.63, 3.8) is 0 Å². The smallest absolute Gasteiger partial charge is 0.274 e. The van der Waals surface area contributed by atoms with Gasteiger partial charge in [-0.05, 0) is 76.8 Å². The highest BCUT2D eigenvalue weighted by Gasteiger charge is 2.67. The van der Waals surface area contributed by atoms with E-state index < -0.39 is 36.6 Å². The Morgan fingerprint density at radius 1 is 1.21 bits per heavy atom. The third-order valence-corrected chi connectivity index (χ3v) is 11.0. The summed E-state index contributed by atoms with van der Waals surface area (Å²) in [4.78, 5) is 21.5. The topological polar surface area (TPSA) is 115 Å². The van der Waals surface area contributed by atoms with Crippen LogP contribution in [0.2, 0.25) is 5.02 Å². The maximum Gasteiger partial charge on any atom is 0.274 e. The zero-order chi connectivity index (χ0) is 24.4. The molecule has 7 nitrogen and oxygen atoms in total. The summed E-state index contributed by atoms with van der Waals surface area (Å²) in [7, 11) is -3.81. The fraction of sp³-hybridized carbons (Fsp3) is 0.435. The van der Waals surface area contributed by atoms with Crippen LogP contribution in [0.25, 0.3) is 0 Å². The van der Waals surface area contributed by atoms with Crippen molar-refractivity contribution in [2.45, 2.75) is 62.0 Å². The molecule has 33 heavy (non-hydrogen) atoms. The predicted molar refractivity (Wildman–Crippen MR) is 127 cm³/mol. The zero-order valence-electron chi connectivity index (χ0n) is 18.9. The maximum atomic E-state index is 15.2. The lowest BCUT2D eigenvalue weighted by Crippen LogP contribution is -2.69. The second-order valence-corrected chi connectivity index (χ2v) is 12.6. The van der Waals surface area contributed by atoms with Gasteiger partial charge in [-0.25, -0.2) is 17.8 Å². The number of fused-ring (bicyclic) bond motifs is 2. The number of nitrogens with two attached hydrogens (primary N) is 1. The molecule has 0 unspecified atom stereocenters. The number of aliphatic imine (C=N–C) groups is 1. The van der Waals surface area contributed by atoms with Crippen molar-refractivity contribution in [3.8, 4) is 0 Å². The van der Waals surface area contributed by atoms with Crippen molar-refractivity contribution in [2.24, 2.45) is 10.7 Å². The van der Waals surface area contributed by atoms with E-state index in [4.69, 9.17) is 17.3 Å². The van der Waals surface area contributed by atoms with Crippen LogP contribution in [-0.4, -0.2) is 34.6 Å². The van der Waals surface area contributed by atoms with E-state index in [-0.39, 0.29) is 22.8 Å². The fourth-order valence-corrected chi connectivity index (χ4v) is 8.10. The van der Waals surface area contributed by atoms with Gasteiger partial charge < -0.3 is 11.1 Å². The summed E-state index contributed by atoms with van der Waals surface area (Å²) in [6, 6.07) is 5.64. The fourth-order valence-electron chi connectivity index (χ4n) is 5.07. The Bertz CT molecular complexity index is 1310. The Morgan fingerprint density at radius 3 is 2.58 bits per heavy atom. The molecule has 1 fully saturated rings. The molecule has 1 aromatic carbocycles. The van der Waals surface area contributed by atoms with Gasteiger partial charge in [0, 0.05) is 17.4 Å². The number of sulfone groups is 1. The molecule has 0 aliphatic carbocycles. The van der Waals surface area contributed by atoms with E-state index in [1.165, 1.54) is 24.4 Å². The molecule has 3 N–H and O–H groups in total. The van der Waals surface area contributed by atoms with Crippen LogP contribution in [-0.2, 0) is 15.4 Å². The van der Waals surface area contributed by atoms with Crippen molar-refractivity contribution >= 4 is 38.9 Å². The molecule has 1 aromatic heterocycles. The molecule has 1 saturated heterocycles. The zero-order valence-corrected chi connectivity index (χ0v) is 20.4. The Morgan fingerprint density at radius 2 is 1.91 bits per heavy atom. The summed E-state index contributed by atoms with van der Waals surface area (Å²) in [5, 5.41) is 3.11. The molecule has 2 aromatic rings. The first-order valence-electron chi connectivity index (χ1n) is 10.6. The van der Waals surface area contributed by atoms with Crippen LogP contribution in [0.1, 0.15) is 61.6 Å². The van der Waals surface area contributed by atoms with Gasteiger partial charge in [0.1, 0.15) is 27.6 Å². The van der Waals surface area contributed by atoms with E-state index in [9.17, 15) is 13.2 Å². The highest BCUT2D eigenvalue weighted by molar-refractivity contribution is 7.95. The predicted octanol–water partition coefficient (Wildman–Crippen LogP) is 4.14. The van der Waals surface area contributed by atoms with E-state index in [0.717, 1.165) is 0 Å². The van der Waals surface area contributed by atoms with E-state index in [1.807, 2.05) is 0 Å². The summed E-state index contributed by atoms with van der Waals surface area (Å²) >= 11 is 5.91. The van der Waals surface area contributed by atoms with Gasteiger partial charge in [-0.15, -0.1) is 0 Å². The SMILES string of the molecule is Cc1cc(Cl)cnc1C(=O)Nc1ccc(F)c([C@@]2(C)N=C(N)[C@]3(C)CCC[C@@]2(C)S3(=O)=O)c1. The molecule has 176 valence electrons. The third-order valence-electron chi connectivity index (χ3n) is 7.42. The number of rotatable bonds is 3. The molecule has 2 bridgehead atoms. The Balaban J connectivity index is 1.81. The van der Waals surface area contributed by atoms with Crippen molar-refractivity contribution in [2.75, 3.05) is 5.32 Å². The minimum Gasteiger partial charge on any atom is -0.386 e. The number of nitrogens with zero attached hydrogens (tertiary/aromatic N) is 2. The number of nitrogens with one attached hydrogen (secondary N) is 1. The minimum absolute atomic E-state index is 0.0167. The first kappa shape index (κ1) is 23.6. The lowest BCUT2D eigenvalue weighted by molar-refractivity contribution is 0.102. The highest BCUT2D eigenvalue weighted by Crippen LogP contribution is 2.56. The van der Waals surface area contributed by atoms with Crippen molar-refractivity contribution in [3.05, 3.63) is 58.1 Å². The molecule has 1 amide bonds. The number of hydrogen-bond acceptors (Lipinski definition) is 6. The first-order valence-corrected chi connectivity index (χ1v) is 12.5. The van der Waals surface area contributed by atoms with E-state index in [1.54, 1.807) is 33.8 Å². The van der Waals surface area contributed by atoms with Crippen LogP contribution in [0.3, 0.4) is 0 Å². The number of aryl methyl sites for hydroxylation is 1. The van der Waals surface area contributed by atoms with Gasteiger partial charge in [-0.3, -0.25) is 9.79 Å². The number of benzene rings is 1. The molecule has 0 radical (unpaired) electrons. The molecule has 0 spiro atoms. The molecule has 3 atom stereocenters. The Labute approximate surface area is 197 Å². The number of carbonyl (C=O) groups is 1. The van der Waals surface area contributed by atoms with Gasteiger partial charge in [0.25, 0.3) is 5.91 Å². The lowest BCUT2D eigenvalue weighted by atomic mass is 9.74. The maximum absolute atomic E-state index is 15.2. The normalized spacial score (nSPS) is 30.4. The average molecular weight is 493 g/mol. The Hall–Kier alpha value is -2.52. The van der Waals surface area contributed by atoms with Gasteiger partial charge in [0.2, 0.25) is 0 Å². The molecule has 4 rings (SSSR count). The molecular weight excluding hydrogens is 467 g/mol. The summed E-state index contributed by atoms with van der Waals surface area (Å²) < 4.78 is 39.9. The van der Waals surface area contributed by atoms with Gasteiger partial charge >= 0.3 is 0 Å². The average Bonchev–Trinajstić information content (AvgIpc) is 2.72. The number of anilines is 1. The Kier molecular flexibility index (Phi) is 5.37. The van der Waals surface area contributed by atoms with E-state index in [0.29, 0.717) is 29.8 Å². The number of amides is 1. The summed E-state index contributed by atoms with van der Waals surface area (Å²) in [5.41, 5.74) is 5.82. The number of amidine groups is 1. The van der Waals surface area contributed by atoms with Gasteiger partial charge in [-0.1, -0.05) is 11.6 Å². The number of halogens is 2. The molecule has 3 heterocycles. The van der Waals surface area contributed by atoms with Crippen LogP contribution < -0.4 is 11.1 Å². The van der Waals surface area contributed by atoms with Crippen LogP contribution in [0.4, 0.5) is 10.1 Å². The van der Waals surface area contributed by atoms with Crippen molar-refractivity contribution in [1.29, 1.82) is 0 Å². The van der Waals surface area contributed by atoms with Crippen molar-refractivity contribution < 1.29 is 17.6 Å². The quantitative estimate of drug-likeness (QED) is 0.668. The highest BCUT2D eigenvalue weighted by atomic mass is 35.5. The number of carbonyl (C=O) groups excluding carboxylic acids is 1. The molecular formula is C23H26ClFN4O3S. The lowest BCUT2D eigenvalue weighted by Gasteiger charge is -2.55. The molecule has 0 saturated carbocycles. The molecule has 10 heteroatoms. The minimum atomic E-state index is -3.81. The monoisotopic (exact) mass is 492 g/mol. The van der Waals surface area contributed by atoms with Crippen LogP contribution in [0.15, 0.2) is 35.5 Å². The third kappa shape index (κ3) is 3.19. The van der Waals surface area contributed by atoms with Gasteiger partial charge in [0.05, 0.1) is 9.77 Å². The van der Waals surface area contributed by atoms with Crippen molar-refractivity contribution in [1.82, 2.24) is 4.98 Å². The standard InChI is InChI=1S/C23H26ClFN4O3S/c1-13-10-14(24)12-27-18(13)19(30)28-15-6-7-17(25)16(11-15)23(4)22(3)9-5-8-21(2,20(26)29-23)33(22,31)32/h6-7,10-12H,5,8-9H2,1-4H3,(H2,26,29)(H,28,30)/t21-,22+,23+/m0/s1. The summed E-state index contributed by atoms with van der Waals surface area (Å²) in [6.07, 6.45) is 2.69. The van der Waals surface area contributed by atoms with Gasteiger partial charge in [-0.2, -0.15) is 0 Å². The number of hydrogen-bond donors (Lipinski definition) is 2. The first-order chi connectivity index (χ1) is 15.3. The van der Waals surface area contributed by atoms with Crippen LogP contribution in [0.5, 0.6) is 0 Å². The number of pyridine rings is 1. The van der Waals surface area contributed by atoms with Crippen LogP contribution >= 0.6 is 11.6 Å². The van der Waals surface area contributed by atoms with Crippen LogP contribution in [0, 0.1) is 12.7 Å². The van der Waals surface area contributed by atoms with Gasteiger partial charge in [0.15, 0.2) is 9.84 Å². The summed E-state index contributed by atoms with van der Waals surface area (Å²) in [6.45, 7) is 6.50. The second kappa shape index (κ2) is 7.50. The molecule has 2 aliphatic heterocycles. The molecule has 2 aliphatic rings. The largest absolute Gasteiger partial charge is 0.386 e. The second-order valence-electron chi connectivity index (χ2n) is 9.36. The summed E-state index contributed by atoms with van der Waals surface area (Å²) in [5.74, 6) is -1.14. The number of aromatic nitrogens is 1.